The molecule has 1 fully saturated rings. The number of Topliss-reactive ketones (excluding diaryl/α,β-unsaturated/α-hetero) is 1. The number of carbonyl (C=O) groups is 1. The first-order valence-electron chi connectivity index (χ1n) is 6.53. The van der Waals surface area contributed by atoms with E-state index in [4.69, 9.17) is 0 Å². The third-order valence-electron chi connectivity index (χ3n) is 3.60. The van der Waals surface area contributed by atoms with Gasteiger partial charge in [-0.05, 0) is 30.5 Å². The number of hydrogen-bond acceptors (Lipinski definition) is 1. The summed E-state index contributed by atoms with van der Waals surface area (Å²) < 4.78 is 12.7. The van der Waals surface area contributed by atoms with Crippen molar-refractivity contribution in [2.24, 2.45) is 5.92 Å². The number of rotatable bonds is 3. The summed E-state index contributed by atoms with van der Waals surface area (Å²) in [4.78, 5) is 12.1. The number of halogens is 1. The number of ketones is 1. The first-order chi connectivity index (χ1) is 8.25. The average Bonchev–Trinajstić information content (AvgIpc) is 2.61. The van der Waals surface area contributed by atoms with E-state index in [0.29, 0.717) is 12.2 Å². The van der Waals surface area contributed by atoms with Crippen molar-refractivity contribution in [2.75, 3.05) is 0 Å². The zero-order valence-corrected chi connectivity index (χ0v) is 10.1. The molecule has 1 nitrogen and oxygen atoms in total. The van der Waals surface area contributed by atoms with Crippen LogP contribution in [0.5, 0.6) is 0 Å². The van der Waals surface area contributed by atoms with Gasteiger partial charge in [0.1, 0.15) is 11.6 Å². The molecule has 2 heteroatoms. The summed E-state index contributed by atoms with van der Waals surface area (Å²) in [6.45, 7) is 0. The first kappa shape index (κ1) is 12.3. The van der Waals surface area contributed by atoms with Crippen LogP contribution in [0.3, 0.4) is 0 Å². The number of hydrogen-bond donors (Lipinski definition) is 0. The molecular formula is C15H19FO. The number of carbonyl (C=O) groups excluding carboxylic acids is 1. The van der Waals surface area contributed by atoms with Crippen LogP contribution in [0.4, 0.5) is 4.39 Å². The quantitative estimate of drug-likeness (QED) is 0.725. The van der Waals surface area contributed by atoms with Crippen LogP contribution in [-0.2, 0) is 11.2 Å². The Morgan fingerprint density at radius 1 is 1.06 bits per heavy atom. The Labute approximate surface area is 102 Å². The van der Waals surface area contributed by atoms with Crippen LogP contribution < -0.4 is 0 Å². The summed E-state index contributed by atoms with van der Waals surface area (Å²) in [5.74, 6) is 0.330. The zero-order valence-electron chi connectivity index (χ0n) is 10.1. The van der Waals surface area contributed by atoms with Gasteiger partial charge in [0.2, 0.25) is 0 Å². The summed E-state index contributed by atoms with van der Waals surface area (Å²) in [6.07, 6.45) is 7.44. The van der Waals surface area contributed by atoms with E-state index in [1.165, 1.54) is 37.8 Å². The third kappa shape index (κ3) is 3.65. The molecule has 0 heterocycles. The molecule has 0 amide bonds. The monoisotopic (exact) mass is 234 g/mol. The van der Waals surface area contributed by atoms with Crippen LogP contribution in [0.15, 0.2) is 24.3 Å². The Kier molecular flexibility index (Phi) is 4.29. The standard InChI is InChI=1S/C15H19FO/c16-14-9-7-12(8-10-14)11-15(17)13-5-3-1-2-4-6-13/h7-10,13H,1-6,11H2. The second kappa shape index (κ2) is 5.95. The van der Waals surface area contributed by atoms with Gasteiger partial charge in [0.15, 0.2) is 0 Å². The Morgan fingerprint density at radius 3 is 2.24 bits per heavy atom. The van der Waals surface area contributed by atoms with E-state index in [-0.39, 0.29) is 11.7 Å². The molecule has 2 rings (SSSR count). The molecule has 17 heavy (non-hydrogen) atoms. The van der Waals surface area contributed by atoms with E-state index in [1.807, 2.05) is 0 Å². The molecule has 1 aliphatic rings. The van der Waals surface area contributed by atoms with Crippen LogP contribution in [-0.4, -0.2) is 5.78 Å². The van der Waals surface area contributed by atoms with Crippen molar-refractivity contribution < 1.29 is 9.18 Å². The van der Waals surface area contributed by atoms with E-state index in [9.17, 15) is 9.18 Å². The largest absolute Gasteiger partial charge is 0.299 e. The van der Waals surface area contributed by atoms with Crippen molar-refractivity contribution in [1.29, 1.82) is 0 Å². The minimum atomic E-state index is -0.240. The lowest BCUT2D eigenvalue weighted by Gasteiger charge is -2.12. The zero-order chi connectivity index (χ0) is 12.1. The minimum absolute atomic E-state index is 0.238. The molecule has 0 aromatic heterocycles. The van der Waals surface area contributed by atoms with Gasteiger partial charge in [0.25, 0.3) is 0 Å². The summed E-state index contributed by atoms with van der Waals surface area (Å²) >= 11 is 0. The molecule has 0 spiro atoms. The summed E-state index contributed by atoms with van der Waals surface area (Å²) in [7, 11) is 0. The van der Waals surface area contributed by atoms with Gasteiger partial charge in [-0.2, -0.15) is 0 Å². The molecular weight excluding hydrogens is 215 g/mol. The highest BCUT2D eigenvalue weighted by Crippen LogP contribution is 2.24. The summed E-state index contributed by atoms with van der Waals surface area (Å²) in [5, 5.41) is 0. The van der Waals surface area contributed by atoms with Gasteiger partial charge >= 0.3 is 0 Å². The van der Waals surface area contributed by atoms with Gasteiger partial charge in [-0.1, -0.05) is 37.8 Å². The van der Waals surface area contributed by atoms with Gasteiger partial charge in [0, 0.05) is 12.3 Å². The van der Waals surface area contributed by atoms with Crippen LogP contribution in [0, 0.1) is 11.7 Å². The SMILES string of the molecule is O=C(Cc1ccc(F)cc1)C1CCCCCC1. The Morgan fingerprint density at radius 2 is 1.65 bits per heavy atom. The molecule has 0 bridgehead atoms. The molecule has 0 atom stereocenters. The van der Waals surface area contributed by atoms with E-state index in [0.717, 1.165) is 18.4 Å². The maximum Gasteiger partial charge on any atom is 0.140 e. The summed E-state index contributed by atoms with van der Waals surface area (Å²) in [6, 6.07) is 6.28. The highest BCUT2D eigenvalue weighted by atomic mass is 19.1. The maximum absolute atomic E-state index is 12.7. The lowest BCUT2D eigenvalue weighted by Crippen LogP contribution is -2.16. The van der Waals surface area contributed by atoms with Gasteiger partial charge in [0.05, 0.1) is 0 Å². The molecule has 0 N–H and O–H groups in total. The van der Waals surface area contributed by atoms with Crippen LogP contribution >= 0.6 is 0 Å². The highest BCUT2D eigenvalue weighted by molar-refractivity contribution is 5.83. The van der Waals surface area contributed by atoms with E-state index < -0.39 is 0 Å². The Balaban J connectivity index is 1.93. The first-order valence-corrected chi connectivity index (χ1v) is 6.53. The van der Waals surface area contributed by atoms with Gasteiger partial charge in [-0.3, -0.25) is 4.79 Å². The number of benzene rings is 1. The van der Waals surface area contributed by atoms with Crippen molar-refractivity contribution in [2.45, 2.75) is 44.9 Å². The molecule has 1 saturated carbocycles. The normalized spacial score (nSPS) is 17.7. The molecule has 0 unspecified atom stereocenters. The van der Waals surface area contributed by atoms with Crippen LogP contribution in [0.1, 0.15) is 44.1 Å². The molecule has 1 aliphatic carbocycles. The lowest BCUT2D eigenvalue weighted by molar-refractivity contribution is -0.122. The molecule has 92 valence electrons. The molecule has 0 saturated heterocycles. The van der Waals surface area contributed by atoms with Crippen LogP contribution in [0.2, 0.25) is 0 Å². The predicted octanol–water partition coefficient (Wildman–Crippen LogP) is 3.91. The topological polar surface area (TPSA) is 17.1 Å². The third-order valence-corrected chi connectivity index (χ3v) is 3.60. The van der Waals surface area contributed by atoms with E-state index in [2.05, 4.69) is 0 Å². The van der Waals surface area contributed by atoms with Crippen molar-refractivity contribution >= 4 is 5.78 Å². The lowest BCUT2D eigenvalue weighted by atomic mass is 9.91. The fourth-order valence-corrected chi connectivity index (χ4v) is 2.55. The van der Waals surface area contributed by atoms with Crippen LogP contribution in [0.25, 0.3) is 0 Å². The molecule has 0 radical (unpaired) electrons. The second-order valence-electron chi connectivity index (χ2n) is 4.96. The Hall–Kier alpha value is -1.18. The fraction of sp³-hybridized carbons (Fsp3) is 0.533. The predicted molar refractivity (Wildman–Crippen MR) is 66.3 cm³/mol. The fourth-order valence-electron chi connectivity index (χ4n) is 2.55. The van der Waals surface area contributed by atoms with E-state index in [1.54, 1.807) is 12.1 Å². The van der Waals surface area contributed by atoms with Gasteiger partial charge in [-0.25, -0.2) is 4.39 Å². The molecule has 0 aliphatic heterocycles. The van der Waals surface area contributed by atoms with Gasteiger partial charge in [-0.15, -0.1) is 0 Å². The maximum atomic E-state index is 12.7. The second-order valence-corrected chi connectivity index (χ2v) is 4.96. The van der Waals surface area contributed by atoms with Crippen molar-refractivity contribution in [3.63, 3.8) is 0 Å². The smallest absolute Gasteiger partial charge is 0.140 e. The molecule has 1 aromatic rings. The van der Waals surface area contributed by atoms with E-state index >= 15 is 0 Å². The highest BCUT2D eigenvalue weighted by Gasteiger charge is 2.19. The molecule has 1 aromatic carbocycles. The average molecular weight is 234 g/mol. The Bertz CT molecular complexity index is 361. The van der Waals surface area contributed by atoms with Crippen molar-refractivity contribution in [3.05, 3.63) is 35.6 Å². The van der Waals surface area contributed by atoms with Gasteiger partial charge < -0.3 is 0 Å². The van der Waals surface area contributed by atoms with Crippen molar-refractivity contribution in [3.8, 4) is 0 Å². The minimum Gasteiger partial charge on any atom is -0.299 e. The summed E-state index contributed by atoms with van der Waals surface area (Å²) in [5.41, 5.74) is 0.931. The van der Waals surface area contributed by atoms with Crippen molar-refractivity contribution in [1.82, 2.24) is 0 Å².